The van der Waals surface area contributed by atoms with Crippen molar-refractivity contribution in [2.75, 3.05) is 5.73 Å². The maximum Gasteiger partial charge on any atom is 0.140 e. The fraction of sp³-hybridized carbons (Fsp3) is 0.333. The number of aryl methyl sites for hydroxylation is 1. The second kappa shape index (κ2) is 5.07. The monoisotopic (exact) mass is 365 g/mol. The fourth-order valence-corrected chi connectivity index (χ4v) is 3.09. The average Bonchev–Trinajstić information content (AvgIpc) is 2.37. The molecule has 1 aromatic heterocycles. The van der Waals surface area contributed by atoms with Crippen molar-refractivity contribution in [1.29, 1.82) is 0 Å². The first-order chi connectivity index (χ1) is 9.20. The Balaban J connectivity index is 1.99. The number of hydrogen-bond donors (Lipinski definition) is 1. The van der Waals surface area contributed by atoms with Gasteiger partial charge < -0.3 is 5.73 Å². The smallest absolute Gasteiger partial charge is 0.140 e. The number of halogens is 1. The van der Waals surface area contributed by atoms with Crippen molar-refractivity contribution >= 4 is 28.4 Å². The lowest BCUT2D eigenvalue weighted by molar-refractivity contribution is 0.651. The molecule has 0 amide bonds. The molecule has 1 atom stereocenters. The highest BCUT2D eigenvalue weighted by Gasteiger charge is 2.30. The first-order valence-corrected chi connectivity index (χ1v) is 7.68. The number of benzene rings is 1. The summed E-state index contributed by atoms with van der Waals surface area (Å²) in [5.74, 6) is 1.84. The van der Waals surface area contributed by atoms with Crippen LogP contribution in [0, 0.1) is 3.57 Å². The van der Waals surface area contributed by atoms with Crippen molar-refractivity contribution in [3.05, 3.63) is 50.5 Å². The third-order valence-corrected chi connectivity index (χ3v) is 4.79. The van der Waals surface area contributed by atoms with Crippen molar-refractivity contribution < 1.29 is 0 Å². The van der Waals surface area contributed by atoms with Gasteiger partial charge in [-0.2, -0.15) is 0 Å². The molecule has 1 aliphatic carbocycles. The molecule has 0 saturated carbocycles. The van der Waals surface area contributed by atoms with E-state index in [0.29, 0.717) is 11.7 Å². The molecule has 0 spiro atoms. The molecular formula is C15H16IN3. The average molecular weight is 365 g/mol. The van der Waals surface area contributed by atoms with E-state index in [2.05, 4.69) is 58.8 Å². The molecular weight excluding hydrogens is 349 g/mol. The molecule has 2 N–H and O–H groups in total. The molecule has 1 aromatic carbocycles. The molecule has 4 heteroatoms. The number of hydrogen-bond acceptors (Lipinski definition) is 3. The molecule has 1 aliphatic rings. The van der Waals surface area contributed by atoms with Gasteiger partial charge in [0, 0.05) is 5.92 Å². The summed E-state index contributed by atoms with van der Waals surface area (Å²) in [6.45, 7) is 2.16. The molecule has 0 aliphatic heterocycles. The van der Waals surface area contributed by atoms with E-state index in [4.69, 9.17) is 10.7 Å². The number of aromatic nitrogens is 2. The third kappa shape index (κ3) is 2.22. The normalized spacial score (nSPS) is 16.8. The van der Waals surface area contributed by atoms with Crippen LogP contribution >= 0.6 is 22.6 Å². The summed E-state index contributed by atoms with van der Waals surface area (Å²) in [7, 11) is 0. The van der Waals surface area contributed by atoms with Crippen LogP contribution in [0.25, 0.3) is 0 Å². The molecule has 3 rings (SSSR count). The zero-order chi connectivity index (χ0) is 13.4. The van der Waals surface area contributed by atoms with E-state index in [0.717, 1.165) is 34.4 Å². The van der Waals surface area contributed by atoms with Gasteiger partial charge in [0.1, 0.15) is 11.6 Å². The second-order valence-corrected chi connectivity index (χ2v) is 6.01. The van der Waals surface area contributed by atoms with E-state index in [1.165, 1.54) is 11.1 Å². The number of fused-ring (bicyclic) bond motifs is 1. The maximum absolute atomic E-state index is 6.03. The lowest BCUT2D eigenvalue weighted by Crippen LogP contribution is -2.22. The summed E-state index contributed by atoms with van der Waals surface area (Å²) >= 11 is 2.25. The zero-order valence-corrected chi connectivity index (χ0v) is 13.0. The van der Waals surface area contributed by atoms with Crippen LogP contribution in [0.5, 0.6) is 0 Å². The first kappa shape index (κ1) is 12.8. The minimum Gasteiger partial charge on any atom is -0.383 e. The molecule has 0 radical (unpaired) electrons. The van der Waals surface area contributed by atoms with E-state index in [1.54, 1.807) is 0 Å². The van der Waals surface area contributed by atoms with Crippen molar-refractivity contribution in [1.82, 2.24) is 9.97 Å². The minimum absolute atomic E-state index is 0.325. The van der Waals surface area contributed by atoms with Gasteiger partial charge in [-0.15, -0.1) is 0 Å². The summed E-state index contributed by atoms with van der Waals surface area (Å²) in [4.78, 5) is 9.24. The van der Waals surface area contributed by atoms with Crippen molar-refractivity contribution in [2.24, 2.45) is 0 Å². The summed E-state index contributed by atoms with van der Waals surface area (Å²) in [6.07, 6.45) is 3.07. The highest BCUT2D eigenvalue weighted by Crippen LogP contribution is 2.39. The number of rotatable bonds is 3. The van der Waals surface area contributed by atoms with Crippen molar-refractivity contribution in [2.45, 2.75) is 32.1 Å². The Bertz CT molecular complexity index is 625. The highest BCUT2D eigenvalue weighted by atomic mass is 127. The molecule has 0 bridgehead atoms. The lowest BCUT2D eigenvalue weighted by atomic mass is 9.77. The predicted molar refractivity (Wildman–Crippen MR) is 85.1 cm³/mol. The zero-order valence-electron chi connectivity index (χ0n) is 10.9. The molecule has 19 heavy (non-hydrogen) atoms. The maximum atomic E-state index is 6.03. The van der Waals surface area contributed by atoms with Crippen LogP contribution in [0.1, 0.15) is 41.9 Å². The largest absolute Gasteiger partial charge is 0.383 e. The third-order valence-electron chi connectivity index (χ3n) is 3.62. The number of nitrogen functional groups attached to an aromatic ring is 1. The first-order valence-electron chi connectivity index (χ1n) is 6.60. The molecule has 98 valence electrons. The molecule has 1 heterocycles. The Morgan fingerprint density at radius 3 is 2.84 bits per heavy atom. The number of anilines is 1. The highest BCUT2D eigenvalue weighted by molar-refractivity contribution is 14.1. The Hall–Kier alpha value is -1.17. The van der Waals surface area contributed by atoms with Gasteiger partial charge in [-0.25, -0.2) is 9.97 Å². The van der Waals surface area contributed by atoms with Gasteiger partial charge >= 0.3 is 0 Å². The Morgan fingerprint density at radius 1 is 1.32 bits per heavy atom. The van der Waals surface area contributed by atoms with Gasteiger partial charge in [-0.3, -0.25) is 0 Å². The predicted octanol–water partition coefficient (Wildman–Crippen LogP) is 3.30. The van der Waals surface area contributed by atoms with Crippen molar-refractivity contribution in [3.8, 4) is 0 Å². The van der Waals surface area contributed by atoms with Gasteiger partial charge in [0.2, 0.25) is 0 Å². The number of nitrogens with zero attached hydrogens (tertiary/aromatic N) is 2. The summed E-state index contributed by atoms with van der Waals surface area (Å²) in [6, 6.07) is 8.50. The van der Waals surface area contributed by atoms with Crippen LogP contribution in [0.4, 0.5) is 5.82 Å². The van der Waals surface area contributed by atoms with Gasteiger partial charge in [0.05, 0.1) is 9.26 Å². The molecule has 0 fully saturated rings. The van der Waals surface area contributed by atoms with Gasteiger partial charge in [0.15, 0.2) is 0 Å². The minimum atomic E-state index is 0.325. The van der Waals surface area contributed by atoms with E-state index >= 15 is 0 Å². The van der Waals surface area contributed by atoms with Gasteiger partial charge in [-0.1, -0.05) is 37.6 Å². The summed E-state index contributed by atoms with van der Waals surface area (Å²) < 4.78 is 1.01. The fourth-order valence-electron chi connectivity index (χ4n) is 2.58. The molecule has 3 nitrogen and oxygen atoms in total. The Kier molecular flexibility index (Phi) is 3.43. The van der Waals surface area contributed by atoms with E-state index in [1.807, 2.05) is 0 Å². The standard InChI is InChI=1S/C15H16IN3/c1-2-5-12-13(16)14(17)19-15(18-12)11-8-9-6-3-4-7-10(9)11/h3-4,6-7,11H,2,5,8H2,1H3,(H2,17,18,19). The lowest BCUT2D eigenvalue weighted by Gasteiger charge is -2.29. The van der Waals surface area contributed by atoms with Gasteiger partial charge in [-0.05, 0) is 46.6 Å². The molecule has 1 unspecified atom stereocenters. The van der Waals surface area contributed by atoms with Crippen molar-refractivity contribution in [3.63, 3.8) is 0 Å². The second-order valence-electron chi connectivity index (χ2n) is 4.93. The van der Waals surface area contributed by atoms with E-state index in [-0.39, 0.29) is 0 Å². The van der Waals surface area contributed by atoms with Crippen LogP contribution in [-0.4, -0.2) is 9.97 Å². The summed E-state index contributed by atoms with van der Waals surface area (Å²) in [5, 5.41) is 0. The number of nitrogens with two attached hydrogens (primary N) is 1. The van der Waals surface area contributed by atoms with Crippen LogP contribution in [-0.2, 0) is 12.8 Å². The van der Waals surface area contributed by atoms with E-state index < -0.39 is 0 Å². The molecule has 0 saturated heterocycles. The quantitative estimate of drug-likeness (QED) is 0.850. The van der Waals surface area contributed by atoms with E-state index in [9.17, 15) is 0 Å². The van der Waals surface area contributed by atoms with Crippen LogP contribution in [0.15, 0.2) is 24.3 Å². The summed E-state index contributed by atoms with van der Waals surface area (Å²) in [5.41, 5.74) is 9.88. The Morgan fingerprint density at radius 2 is 2.11 bits per heavy atom. The molecule has 2 aromatic rings. The van der Waals surface area contributed by atoms with Crippen LogP contribution < -0.4 is 5.73 Å². The topological polar surface area (TPSA) is 51.8 Å². The Labute approximate surface area is 126 Å². The van der Waals surface area contributed by atoms with Crippen LogP contribution in [0.3, 0.4) is 0 Å². The van der Waals surface area contributed by atoms with Gasteiger partial charge in [0.25, 0.3) is 0 Å². The van der Waals surface area contributed by atoms with Crippen LogP contribution in [0.2, 0.25) is 0 Å². The SMILES string of the molecule is CCCc1nc(C2Cc3ccccc32)nc(N)c1I.